The zero-order valence-electron chi connectivity index (χ0n) is 14.8. The second-order valence-corrected chi connectivity index (χ2v) is 7.23. The van der Waals surface area contributed by atoms with Gasteiger partial charge < -0.3 is 14.8 Å². The molecule has 7 heteroatoms. The van der Waals surface area contributed by atoms with Crippen molar-refractivity contribution in [1.82, 2.24) is 10.2 Å². The number of hydrogen-bond donors (Lipinski definition) is 1. The molecule has 6 nitrogen and oxygen atoms in total. The number of benzene rings is 1. The number of Topliss-reactive ketones (excluding diaryl/α,β-unsaturated/α-hetero) is 1. The molecule has 1 aromatic rings. The fourth-order valence-electron chi connectivity index (χ4n) is 3.34. The Bertz CT molecular complexity index is 608. The van der Waals surface area contributed by atoms with Crippen LogP contribution >= 0.6 is 11.6 Å². The number of rotatable bonds is 6. The molecule has 0 saturated carbocycles. The third-order valence-corrected chi connectivity index (χ3v) is 5.12. The van der Waals surface area contributed by atoms with Crippen LogP contribution in [0.1, 0.15) is 23.2 Å². The number of carbonyl (C=O) groups is 2. The highest BCUT2D eigenvalue weighted by Gasteiger charge is 2.26. The highest BCUT2D eigenvalue weighted by Crippen LogP contribution is 2.22. The minimum atomic E-state index is -0.0598. The summed E-state index contributed by atoms with van der Waals surface area (Å²) in [5, 5.41) is 3.53. The highest BCUT2D eigenvalue weighted by molar-refractivity contribution is 6.30. The summed E-state index contributed by atoms with van der Waals surface area (Å²) in [6.45, 7) is 4.06. The van der Waals surface area contributed by atoms with E-state index in [1.54, 1.807) is 24.3 Å². The van der Waals surface area contributed by atoms with Gasteiger partial charge in [0.25, 0.3) is 0 Å². The molecule has 3 rings (SSSR count). The van der Waals surface area contributed by atoms with Crippen molar-refractivity contribution in [3.05, 3.63) is 34.9 Å². The van der Waals surface area contributed by atoms with Crippen LogP contribution in [0.3, 0.4) is 0 Å². The van der Waals surface area contributed by atoms with Crippen LogP contribution in [-0.2, 0) is 14.3 Å². The zero-order valence-corrected chi connectivity index (χ0v) is 15.5. The first-order chi connectivity index (χ1) is 12.6. The number of ether oxygens (including phenoxy) is 2. The van der Waals surface area contributed by atoms with Gasteiger partial charge in [-0.25, -0.2) is 0 Å². The fraction of sp³-hybridized carbons (Fsp3) is 0.579. The van der Waals surface area contributed by atoms with Crippen LogP contribution in [0.25, 0.3) is 0 Å². The summed E-state index contributed by atoms with van der Waals surface area (Å²) >= 11 is 5.87. The molecule has 0 spiro atoms. The molecule has 1 aromatic carbocycles. The third kappa shape index (κ3) is 5.51. The molecule has 2 fully saturated rings. The van der Waals surface area contributed by atoms with Crippen molar-refractivity contribution >= 4 is 23.3 Å². The van der Waals surface area contributed by atoms with Crippen molar-refractivity contribution in [2.45, 2.75) is 18.9 Å². The van der Waals surface area contributed by atoms with Gasteiger partial charge in [-0.3, -0.25) is 14.5 Å². The molecule has 2 heterocycles. The first kappa shape index (κ1) is 19.3. The standard InChI is InChI=1S/C19H25ClN2O4/c20-16-3-1-14(2-4-16)19(24)15-5-7-22(8-6-15)12-18(23)21-11-17-13-25-9-10-26-17/h1-4,15,17H,5-13H2,(H,21,23)/t17-/m0/s1. The van der Waals surface area contributed by atoms with Gasteiger partial charge in [-0.2, -0.15) is 0 Å². The Hall–Kier alpha value is -1.47. The molecule has 0 aromatic heterocycles. The normalized spacial score (nSPS) is 22.1. The van der Waals surface area contributed by atoms with E-state index in [-0.39, 0.29) is 23.7 Å². The SMILES string of the molecule is O=C(CN1CCC(C(=O)c2ccc(Cl)cc2)CC1)NC[C@H]1COCCO1. The van der Waals surface area contributed by atoms with E-state index in [1.807, 2.05) is 0 Å². The van der Waals surface area contributed by atoms with Gasteiger partial charge in [-0.1, -0.05) is 11.6 Å². The van der Waals surface area contributed by atoms with E-state index in [4.69, 9.17) is 21.1 Å². The van der Waals surface area contributed by atoms with E-state index >= 15 is 0 Å². The Kier molecular flexibility index (Phi) is 7.02. The molecule has 0 bridgehead atoms. The van der Waals surface area contributed by atoms with Gasteiger partial charge in [0.2, 0.25) is 5.91 Å². The van der Waals surface area contributed by atoms with E-state index < -0.39 is 0 Å². The van der Waals surface area contributed by atoms with Crippen molar-refractivity contribution < 1.29 is 19.1 Å². The van der Waals surface area contributed by atoms with E-state index in [0.717, 1.165) is 25.9 Å². The summed E-state index contributed by atoms with van der Waals surface area (Å²) in [7, 11) is 0. The fourth-order valence-corrected chi connectivity index (χ4v) is 3.47. The van der Waals surface area contributed by atoms with E-state index in [2.05, 4.69) is 10.2 Å². The molecule has 2 saturated heterocycles. The van der Waals surface area contributed by atoms with Crippen molar-refractivity contribution in [1.29, 1.82) is 0 Å². The van der Waals surface area contributed by atoms with Crippen LogP contribution < -0.4 is 5.32 Å². The number of amides is 1. The monoisotopic (exact) mass is 380 g/mol. The number of hydrogen-bond acceptors (Lipinski definition) is 5. The van der Waals surface area contributed by atoms with Gasteiger partial charge in [0.05, 0.1) is 32.5 Å². The second kappa shape index (κ2) is 9.46. The molecule has 2 aliphatic heterocycles. The molecule has 0 radical (unpaired) electrons. The Morgan fingerprint density at radius 1 is 1.15 bits per heavy atom. The van der Waals surface area contributed by atoms with Crippen LogP contribution in [0.15, 0.2) is 24.3 Å². The van der Waals surface area contributed by atoms with E-state index in [0.29, 0.717) is 43.5 Å². The van der Waals surface area contributed by atoms with Crippen LogP contribution in [0.2, 0.25) is 5.02 Å². The number of piperidine rings is 1. The number of nitrogens with one attached hydrogen (secondary N) is 1. The van der Waals surface area contributed by atoms with E-state index in [9.17, 15) is 9.59 Å². The van der Waals surface area contributed by atoms with Crippen LogP contribution in [0.4, 0.5) is 0 Å². The summed E-state index contributed by atoms with van der Waals surface area (Å²) in [4.78, 5) is 26.7. The zero-order chi connectivity index (χ0) is 18.4. The maximum absolute atomic E-state index is 12.6. The highest BCUT2D eigenvalue weighted by atomic mass is 35.5. The second-order valence-electron chi connectivity index (χ2n) is 6.79. The van der Waals surface area contributed by atoms with E-state index in [1.165, 1.54) is 0 Å². The summed E-state index contributed by atoms with van der Waals surface area (Å²) < 4.78 is 10.8. The lowest BCUT2D eigenvalue weighted by Gasteiger charge is -2.31. The number of carbonyl (C=O) groups excluding carboxylic acids is 2. The Balaban J connectivity index is 1.38. The lowest BCUT2D eigenvalue weighted by Crippen LogP contribution is -2.45. The van der Waals surface area contributed by atoms with Gasteiger partial charge in [-0.15, -0.1) is 0 Å². The Morgan fingerprint density at radius 3 is 2.54 bits per heavy atom. The number of ketones is 1. The summed E-state index contributed by atoms with van der Waals surface area (Å²) in [5.74, 6) is 0.171. The average Bonchev–Trinajstić information content (AvgIpc) is 2.68. The van der Waals surface area contributed by atoms with Crippen molar-refractivity contribution in [2.24, 2.45) is 5.92 Å². The largest absolute Gasteiger partial charge is 0.376 e. The lowest BCUT2D eigenvalue weighted by molar-refractivity contribution is -0.125. The minimum Gasteiger partial charge on any atom is -0.376 e. The first-order valence-electron chi connectivity index (χ1n) is 9.10. The molecular weight excluding hydrogens is 356 g/mol. The Labute approximate surface area is 158 Å². The van der Waals surface area contributed by atoms with Gasteiger partial charge in [0, 0.05) is 23.0 Å². The molecular formula is C19H25ClN2O4. The molecule has 26 heavy (non-hydrogen) atoms. The molecule has 1 amide bonds. The quantitative estimate of drug-likeness (QED) is 0.762. The summed E-state index contributed by atoms with van der Waals surface area (Å²) in [6, 6.07) is 7.05. The molecule has 1 atom stereocenters. The van der Waals surface area contributed by atoms with Crippen LogP contribution in [-0.4, -0.2) is 68.7 Å². The molecule has 1 N–H and O–H groups in total. The lowest BCUT2D eigenvalue weighted by atomic mass is 9.89. The van der Waals surface area contributed by atoms with Gasteiger partial charge in [0.15, 0.2) is 5.78 Å². The maximum atomic E-state index is 12.6. The molecule has 142 valence electrons. The van der Waals surface area contributed by atoms with Crippen molar-refractivity contribution in [3.63, 3.8) is 0 Å². The summed E-state index contributed by atoms with van der Waals surface area (Å²) in [6.07, 6.45) is 1.48. The van der Waals surface area contributed by atoms with Crippen molar-refractivity contribution in [2.75, 3.05) is 46.0 Å². The van der Waals surface area contributed by atoms with Crippen molar-refractivity contribution in [3.8, 4) is 0 Å². The molecule has 2 aliphatic rings. The third-order valence-electron chi connectivity index (χ3n) is 4.87. The Morgan fingerprint density at radius 2 is 1.88 bits per heavy atom. The minimum absolute atomic E-state index is 0.0124. The van der Waals surface area contributed by atoms with Crippen LogP contribution in [0.5, 0.6) is 0 Å². The van der Waals surface area contributed by atoms with Gasteiger partial charge in [-0.05, 0) is 50.2 Å². The van der Waals surface area contributed by atoms with Gasteiger partial charge in [0.1, 0.15) is 0 Å². The predicted molar refractivity (Wildman–Crippen MR) is 98.5 cm³/mol. The maximum Gasteiger partial charge on any atom is 0.234 e. The smallest absolute Gasteiger partial charge is 0.234 e. The number of halogens is 1. The summed E-state index contributed by atoms with van der Waals surface area (Å²) in [5.41, 5.74) is 0.709. The topological polar surface area (TPSA) is 67.9 Å². The number of nitrogens with zero attached hydrogens (tertiary/aromatic N) is 1. The average molecular weight is 381 g/mol. The first-order valence-corrected chi connectivity index (χ1v) is 9.48. The molecule has 0 unspecified atom stereocenters. The van der Waals surface area contributed by atoms with Crippen LogP contribution in [0, 0.1) is 5.92 Å². The van der Waals surface area contributed by atoms with Gasteiger partial charge >= 0.3 is 0 Å². The number of likely N-dealkylation sites (tertiary alicyclic amines) is 1. The predicted octanol–water partition coefficient (Wildman–Crippen LogP) is 1.77. The molecule has 0 aliphatic carbocycles.